The Kier molecular flexibility index (Phi) is 47.7. The molecule has 0 aromatic heterocycles. The van der Waals surface area contributed by atoms with Gasteiger partial charge < -0.3 is 52.1 Å². The molecule has 103 heavy (non-hydrogen) atoms. The second-order valence-electron chi connectivity index (χ2n) is 29.1. The molecule has 6 atom stereocenters. The fourth-order valence-corrected chi connectivity index (χ4v) is 13.1. The Balaban J connectivity index is 1.68. The molecule has 0 bridgehead atoms. The van der Waals surface area contributed by atoms with Gasteiger partial charge in [0, 0.05) is 89.6 Å². The highest BCUT2D eigenvalue weighted by Crippen LogP contribution is 2.32. The molecule has 25 nitrogen and oxygen atoms in total. The Labute approximate surface area is 610 Å². The van der Waals surface area contributed by atoms with Crippen LogP contribution in [0.4, 0.5) is 0 Å². The summed E-state index contributed by atoms with van der Waals surface area (Å²) in [6, 6.07) is 3.29. The van der Waals surface area contributed by atoms with Gasteiger partial charge in [0.05, 0.1) is 42.5 Å². The van der Waals surface area contributed by atoms with Gasteiger partial charge in [-0.25, -0.2) is 4.79 Å². The number of amides is 4. The molecule has 11 N–H and O–H groups in total. The number of unbranched alkanes of at least 4 members (excludes halogenated alkanes) is 17. The van der Waals surface area contributed by atoms with Gasteiger partial charge in [0.25, 0.3) is 0 Å². The summed E-state index contributed by atoms with van der Waals surface area (Å²) >= 11 is 0. The van der Waals surface area contributed by atoms with Crippen LogP contribution in [0, 0.1) is 29.6 Å². The molecule has 1 aromatic rings. The fourth-order valence-electron chi connectivity index (χ4n) is 13.1. The van der Waals surface area contributed by atoms with Gasteiger partial charge in [-0.1, -0.05) is 129 Å². The van der Waals surface area contributed by atoms with E-state index in [9.17, 15) is 87.5 Å². The van der Waals surface area contributed by atoms with E-state index >= 15 is 0 Å². The molecule has 2 rings (SSSR count). The van der Waals surface area contributed by atoms with Crippen LogP contribution in [0.3, 0.4) is 0 Å². The lowest BCUT2D eigenvalue weighted by Crippen LogP contribution is -2.53. The zero-order valence-electron chi connectivity index (χ0n) is 62.5. The van der Waals surface area contributed by atoms with E-state index in [1.165, 1.54) is 83.3 Å². The van der Waals surface area contributed by atoms with Gasteiger partial charge in [0.2, 0.25) is 23.6 Å². The second-order valence-corrected chi connectivity index (χ2v) is 29.1. The normalized spacial score (nSPS) is 15.5. The van der Waals surface area contributed by atoms with Crippen LogP contribution in [-0.2, 0) is 73.5 Å². The van der Waals surface area contributed by atoms with Crippen LogP contribution in [0.25, 0.3) is 0 Å². The lowest BCUT2D eigenvalue weighted by molar-refractivity contribution is -0.145. The van der Waals surface area contributed by atoms with Gasteiger partial charge in [0.15, 0.2) is 11.6 Å². The third-order valence-corrected chi connectivity index (χ3v) is 20.0. The number of aromatic hydroxyl groups is 1. The van der Waals surface area contributed by atoms with Gasteiger partial charge in [-0.2, -0.15) is 0 Å². The number of carbonyl (C=O) groups excluding carboxylic acids is 10. The molecule has 1 aromatic carbocycles. The highest BCUT2D eigenvalue weighted by Gasteiger charge is 2.34. The number of rotatable bonds is 64. The topological polar surface area (TPSA) is 412 Å². The van der Waals surface area contributed by atoms with Gasteiger partial charge in [-0.3, -0.25) is 67.6 Å². The Hall–Kier alpha value is -7.28. The van der Waals surface area contributed by atoms with E-state index < -0.39 is 102 Å². The maximum Gasteiger partial charge on any atom is 0.326 e. The zero-order chi connectivity index (χ0) is 76.5. The molecule has 0 unspecified atom stereocenters. The molecule has 0 saturated heterocycles. The zero-order valence-corrected chi connectivity index (χ0v) is 62.5. The molecule has 0 heterocycles. The summed E-state index contributed by atoms with van der Waals surface area (Å²) in [5.41, 5.74) is -0.432. The number of nitrogens with one attached hydrogen (secondary N) is 6. The van der Waals surface area contributed by atoms with E-state index in [4.69, 9.17) is 5.11 Å². The van der Waals surface area contributed by atoms with Gasteiger partial charge >= 0.3 is 23.9 Å². The first-order valence-corrected chi connectivity index (χ1v) is 38.5. The molecule has 0 spiro atoms. The third-order valence-electron chi connectivity index (χ3n) is 20.0. The minimum Gasteiger partial charge on any atom is -0.508 e. The molecule has 0 aliphatic heterocycles. The number of Topliss-reactive ketones (excluding diaryl/α,β-unsaturated/α-hetero) is 6. The minimum atomic E-state index is -1.55. The number of ketones is 6. The van der Waals surface area contributed by atoms with E-state index in [1.54, 1.807) is 32.9 Å². The predicted octanol–water partition coefficient (Wildman–Crippen LogP) is 10.6. The Morgan fingerprint density at radius 2 is 1.01 bits per heavy atom. The average molecular weight is 1450 g/mol. The summed E-state index contributed by atoms with van der Waals surface area (Å²) in [4.78, 5) is 177. The summed E-state index contributed by atoms with van der Waals surface area (Å²) in [5.74, 6) is -11.1. The third kappa shape index (κ3) is 42.9. The van der Waals surface area contributed by atoms with E-state index in [-0.39, 0.29) is 142 Å². The Morgan fingerprint density at radius 3 is 1.54 bits per heavy atom. The predicted molar refractivity (Wildman–Crippen MR) is 391 cm³/mol. The summed E-state index contributed by atoms with van der Waals surface area (Å²) in [5, 5.41) is 65.0. The smallest absolute Gasteiger partial charge is 0.326 e. The van der Waals surface area contributed by atoms with Crippen LogP contribution in [0.1, 0.15) is 291 Å². The van der Waals surface area contributed by atoms with Crippen LogP contribution < -0.4 is 31.9 Å². The van der Waals surface area contributed by atoms with E-state index in [1.807, 2.05) is 6.92 Å². The van der Waals surface area contributed by atoms with Crippen molar-refractivity contribution in [3.8, 4) is 5.75 Å². The number of aliphatic carboxylic acids is 4. The molecule has 1 aliphatic carbocycles. The van der Waals surface area contributed by atoms with Crippen molar-refractivity contribution in [2.75, 3.05) is 26.2 Å². The van der Waals surface area contributed by atoms with Crippen molar-refractivity contribution in [1.29, 1.82) is 0 Å². The second kappa shape index (κ2) is 53.5. The molecule has 4 amide bonds. The van der Waals surface area contributed by atoms with E-state index in [0.717, 1.165) is 56.9 Å². The maximum atomic E-state index is 13.6. The molecule has 1 saturated carbocycles. The Morgan fingerprint density at radius 1 is 0.476 bits per heavy atom. The van der Waals surface area contributed by atoms with Gasteiger partial charge in [-0.15, -0.1) is 0 Å². The highest BCUT2D eigenvalue weighted by molar-refractivity contribution is 5.93. The van der Waals surface area contributed by atoms with Crippen molar-refractivity contribution in [1.82, 2.24) is 31.9 Å². The number of carboxylic acids is 4. The van der Waals surface area contributed by atoms with Crippen LogP contribution in [0.2, 0.25) is 0 Å². The number of phenols is 1. The maximum absolute atomic E-state index is 13.6. The van der Waals surface area contributed by atoms with Crippen LogP contribution in [0.15, 0.2) is 24.3 Å². The quantitative estimate of drug-likeness (QED) is 0.0270. The van der Waals surface area contributed by atoms with Crippen LogP contribution in [0.5, 0.6) is 5.75 Å². The first kappa shape index (κ1) is 91.8. The van der Waals surface area contributed by atoms with Crippen molar-refractivity contribution in [3.05, 3.63) is 29.8 Å². The minimum absolute atomic E-state index is 0.0171. The lowest BCUT2D eigenvalue weighted by atomic mass is 9.78. The molecular formula is C78H126N6O19. The van der Waals surface area contributed by atoms with Crippen LogP contribution >= 0.6 is 0 Å². The number of hydrogen-bond acceptors (Lipinski definition) is 17. The van der Waals surface area contributed by atoms with Crippen molar-refractivity contribution >= 4 is 82.2 Å². The lowest BCUT2D eigenvalue weighted by Gasteiger charge is -2.28. The van der Waals surface area contributed by atoms with Crippen LogP contribution in [-0.4, -0.2) is 158 Å². The number of hydrogen-bond donors (Lipinski definition) is 11. The van der Waals surface area contributed by atoms with Crippen molar-refractivity contribution in [2.45, 2.75) is 315 Å². The first-order chi connectivity index (χ1) is 49.0. The Bertz CT molecular complexity index is 2800. The monoisotopic (exact) mass is 1450 g/mol. The number of carboxylic acid groups (broad SMARTS) is 4. The van der Waals surface area contributed by atoms with E-state index in [0.29, 0.717) is 64.3 Å². The van der Waals surface area contributed by atoms with Crippen molar-refractivity contribution in [2.24, 2.45) is 29.6 Å². The number of carbonyl (C=O) groups is 14. The number of benzene rings is 1. The molecule has 582 valence electrons. The molecule has 0 radical (unpaired) electrons. The molecular weight excluding hydrogens is 1320 g/mol. The van der Waals surface area contributed by atoms with Crippen molar-refractivity contribution in [3.63, 3.8) is 0 Å². The molecule has 1 fully saturated rings. The summed E-state index contributed by atoms with van der Waals surface area (Å²) in [6.07, 6.45) is 22.8. The fraction of sp³-hybridized carbons (Fsp3) is 0.744. The molecule has 1 aliphatic rings. The van der Waals surface area contributed by atoms with E-state index in [2.05, 4.69) is 31.9 Å². The average Bonchev–Trinajstić information content (AvgIpc) is 0.890. The summed E-state index contributed by atoms with van der Waals surface area (Å²) in [7, 11) is 0. The first-order valence-electron chi connectivity index (χ1n) is 38.5. The number of phenolic OH excluding ortho intramolecular Hbond substituents is 1. The van der Waals surface area contributed by atoms with Gasteiger partial charge in [-0.05, 0) is 134 Å². The highest BCUT2D eigenvalue weighted by atomic mass is 16.4. The largest absolute Gasteiger partial charge is 0.508 e. The van der Waals surface area contributed by atoms with Gasteiger partial charge in [0.1, 0.15) is 34.9 Å². The van der Waals surface area contributed by atoms with Crippen molar-refractivity contribution < 1.29 is 92.7 Å². The standard InChI is InChI=1S/C78H126N6O19/c1-6-8-27-57(37-44-67(89)65(83-54(3)85)48-55-33-40-61(86)41-34-55)69(91)52-82-78(4,5)70(92)53-80-63(66(88)7-2)28-25-26-47-79-72(94)45-38-59(75(98)99)49-62(87)42-43-64(77(102)103)84-73(95)46-39-60(76(100)101)50-68(90)58-35-31-56(32-36-58)51-81-71(93)29-23-21-19-17-15-13-11-9-10-12-14-16-18-20-22-24-30-74(96)97/h33-34,40-41,56-60,63-65,80,82,86H,6-32,35-39,42-53H2,1-5H3,(H,79,94)(H,81,93)(H,83,85)(H,84,95)(H,96,97)(H,98,99)(H,100,101)(H,102,103)/t56?,57-,58?,59-,60-,63+,64+,65-/m1/s1. The molecule has 25 heteroatoms. The summed E-state index contributed by atoms with van der Waals surface area (Å²) in [6.45, 7) is 8.67. The summed E-state index contributed by atoms with van der Waals surface area (Å²) < 4.78 is 0. The SMILES string of the molecule is CCCC[C@H](CCC(=O)[C@@H](Cc1ccc(O)cc1)NC(C)=O)C(=O)CNC(C)(C)C(=O)CN[C@@H](CCCCNC(=O)CC[C@H](CC(=O)CC[C@H](NC(=O)CC[C@H](CC(=O)C1CCC(CNC(=O)CCCCCCCCCCCCCCCCCCC(=O)O)CC1)C(=O)O)C(=O)O)C(=O)O)C(=O)CC.